The summed E-state index contributed by atoms with van der Waals surface area (Å²) in [4.78, 5) is 15.8. The third-order valence-electron chi connectivity index (χ3n) is 3.31. The maximum atomic E-state index is 12.1. The standard InChI is InChI=1S/C13H17Cl2N3O/c1-17(8-13(19)18-4-2-3-5-18)12-7-10(15)9(14)6-11(12)16/h6-7H,2-5,8,16H2,1H3. The van der Waals surface area contributed by atoms with Gasteiger partial charge < -0.3 is 15.5 Å². The van der Waals surface area contributed by atoms with Crippen LogP contribution in [-0.4, -0.2) is 37.5 Å². The van der Waals surface area contributed by atoms with Gasteiger partial charge in [-0.3, -0.25) is 4.79 Å². The summed E-state index contributed by atoms with van der Waals surface area (Å²) >= 11 is 11.9. The second-order valence-electron chi connectivity index (χ2n) is 4.77. The second-order valence-corrected chi connectivity index (χ2v) is 5.58. The largest absolute Gasteiger partial charge is 0.397 e. The molecule has 0 atom stereocenters. The summed E-state index contributed by atoms with van der Waals surface area (Å²) in [5.74, 6) is 0.116. The second kappa shape index (κ2) is 5.88. The Balaban J connectivity index is 2.09. The van der Waals surface area contributed by atoms with Crippen molar-refractivity contribution in [2.45, 2.75) is 12.8 Å². The van der Waals surface area contributed by atoms with E-state index < -0.39 is 0 Å². The van der Waals surface area contributed by atoms with Crippen molar-refractivity contribution in [2.24, 2.45) is 0 Å². The zero-order chi connectivity index (χ0) is 14.0. The highest BCUT2D eigenvalue weighted by Gasteiger charge is 2.20. The van der Waals surface area contributed by atoms with E-state index in [1.54, 1.807) is 17.0 Å². The molecule has 1 fully saturated rings. The van der Waals surface area contributed by atoms with Crippen molar-refractivity contribution in [3.63, 3.8) is 0 Å². The zero-order valence-electron chi connectivity index (χ0n) is 10.8. The molecule has 4 nitrogen and oxygen atoms in total. The number of nitrogens with zero attached hydrogens (tertiary/aromatic N) is 2. The van der Waals surface area contributed by atoms with E-state index in [-0.39, 0.29) is 5.91 Å². The number of carbonyl (C=O) groups is 1. The minimum Gasteiger partial charge on any atom is -0.397 e. The lowest BCUT2D eigenvalue weighted by Gasteiger charge is -2.24. The van der Waals surface area contributed by atoms with Gasteiger partial charge in [-0.25, -0.2) is 0 Å². The molecule has 0 saturated carbocycles. The van der Waals surface area contributed by atoms with Gasteiger partial charge in [-0.05, 0) is 25.0 Å². The fourth-order valence-corrected chi connectivity index (χ4v) is 2.57. The van der Waals surface area contributed by atoms with Crippen molar-refractivity contribution in [3.05, 3.63) is 22.2 Å². The number of likely N-dealkylation sites (tertiary alicyclic amines) is 1. The van der Waals surface area contributed by atoms with Gasteiger partial charge in [0, 0.05) is 20.1 Å². The molecule has 0 radical (unpaired) electrons. The van der Waals surface area contributed by atoms with E-state index in [0.717, 1.165) is 31.6 Å². The summed E-state index contributed by atoms with van der Waals surface area (Å²) in [6.45, 7) is 2.00. The highest BCUT2D eigenvalue weighted by molar-refractivity contribution is 6.42. The van der Waals surface area contributed by atoms with E-state index in [2.05, 4.69) is 0 Å². The van der Waals surface area contributed by atoms with Crippen LogP contribution in [0, 0.1) is 0 Å². The molecule has 0 aromatic heterocycles. The lowest BCUT2D eigenvalue weighted by Crippen LogP contribution is -2.37. The maximum Gasteiger partial charge on any atom is 0.242 e. The molecule has 1 aliphatic rings. The Kier molecular flexibility index (Phi) is 4.42. The smallest absolute Gasteiger partial charge is 0.242 e. The van der Waals surface area contributed by atoms with Crippen molar-refractivity contribution in [1.29, 1.82) is 0 Å². The van der Waals surface area contributed by atoms with Crippen molar-refractivity contribution in [1.82, 2.24) is 4.90 Å². The average Bonchev–Trinajstić information content (AvgIpc) is 2.87. The Morgan fingerprint density at radius 2 is 1.89 bits per heavy atom. The van der Waals surface area contributed by atoms with Crippen LogP contribution < -0.4 is 10.6 Å². The predicted octanol–water partition coefficient (Wildman–Crippen LogP) is 2.63. The summed E-state index contributed by atoms with van der Waals surface area (Å²) in [7, 11) is 1.82. The van der Waals surface area contributed by atoms with Gasteiger partial charge in [0.1, 0.15) is 0 Å². The van der Waals surface area contributed by atoms with E-state index in [4.69, 9.17) is 28.9 Å². The van der Waals surface area contributed by atoms with Crippen molar-refractivity contribution in [3.8, 4) is 0 Å². The number of hydrogen-bond acceptors (Lipinski definition) is 3. The third-order valence-corrected chi connectivity index (χ3v) is 4.03. The summed E-state index contributed by atoms with van der Waals surface area (Å²) in [5.41, 5.74) is 7.15. The Hall–Kier alpha value is -1.13. The zero-order valence-corrected chi connectivity index (χ0v) is 12.3. The number of amides is 1. The number of likely N-dealkylation sites (N-methyl/N-ethyl adjacent to an activating group) is 1. The predicted molar refractivity (Wildman–Crippen MR) is 80.0 cm³/mol. The lowest BCUT2D eigenvalue weighted by molar-refractivity contribution is -0.128. The number of anilines is 2. The van der Waals surface area contributed by atoms with Crippen molar-refractivity contribution in [2.75, 3.05) is 37.3 Å². The molecule has 2 N–H and O–H groups in total. The van der Waals surface area contributed by atoms with Crippen molar-refractivity contribution < 1.29 is 4.79 Å². The Morgan fingerprint density at radius 3 is 2.53 bits per heavy atom. The Bertz CT molecular complexity index is 487. The first-order valence-electron chi connectivity index (χ1n) is 6.22. The lowest BCUT2D eigenvalue weighted by atomic mass is 10.2. The van der Waals surface area contributed by atoms with Gasteiger partial charge in [0.2, 0.25) is 5.91 Å². The van der Waals surface area contributed by atoms with Gasteiger partial charge in [-0.2, -0.15) is 0 Å². The molecule has 0 unspecified atom stereocenters. The molecule has 1 aliphatic heterocycles. The Morgan fingerprint density at radius 1 is 1.32 bits per heavy atom. The van der Waals surface area contributed by atoms with Crippen LogP contribution in [0.4, 0.5) is 11.4 Å². The van der Waals surface area contributed by atoms with Gasteiger partial charge in [0.15, 0.2) is 0 Å². The van der Waals surface area contributed by atoms with Crippen LogP contribution in [0.25, 0.3) is 0 Å². The number of nitrogen functional groups attached to an aromatic ring is 1. The van der Waals surface area contributed by atoms with Gasteiger partial charge in [-0.15, -0.1) is 0 Å². The van der Waals surface area contributed by atoms with E-state index in [1.807, 2.05) is 11.9 Å². The molecule has 104 valence electrons. The molecular weight excluding hydrogens is 285 g/mol. The molecule has 1 aromatic rings. The highest BCUT2D eigenvalue weighted by atomic mass is 35.5. The minimum absolute atomic E-state index is 0.116. The summed E-state index contributed by atoms with van der Waals surface area (Å²) in [5, 5.41) is 0.855. The Labute approximate surface area is 123 Å². The molecule has 1 saturated heterocycles. The fraction of sp³-hybridized carbons (Fsp3) is 0.462. The first-order valence-corrected chi connectivity index (χ1v) is 6.98. The van der Waals surface area contributed by atoms with Crippen LogP contribution in [0.15, 0.2) is 12.1 Å². The molecular formula is C13H17Cl2N3O. The molecule has 1 heterocycles. The molecule has 0 bridgehead atoms. The highest BCUT2D eigenvalue weighted by Crippen LogP contribution is 2.32. The summed E-state index contributed by atoms with van der Waals surface area (Å²) < 4.78 is 0. The summed E-state index contributed by atoms with van der Waals surface area (Å²) in [6.07, 6.45) is 2.18. The molecule has 19 heavy (non-hydrogen) atoms. The van der Waals surface area contributed by atoms with Crippen LogP contribution in [0.5, 0.6) is 0 Å². The summed E-state index contributed by atoms with van der Waals surface area (Å²) in [6, 6.07) is 3.30. The minimum atomic E-state index is 0.116. The third kappa shape index (κ3) is 3.25. The molecule has 1 aromatic carbocycles. The number of hydrogen-bond donors (Lipinski definition) is 1. The fourth-order valence-electron chi connectivity index (χ4n) is 2.24. The number of carbonyl (C=O) groups excluding carboxylic acids is 1. The average molecular weight is 302 g/mol. The van der Waals surface area contributed by atoms with Gasteiger partial charge in [0.25, 0.3) is 0 Å². The maximum absolute atomic E-state index is 12.1. The van der Waals surface area contributed by atoms with Gasteiger partial charge >= 0.3 is 0 Å². The molecule has 6 heteroatoms. The number of benzene rings is 1. The SMILES string of the molecule is CN(CC(=O)N1CCCC1)c1cc(Cl)c(Cl)cc1N. The van der Waals surface area contributed by atoms with Crippen LogP contribution >= 0.6 is 23.2 Å². The molecule has 2 rings (SSSR count). The quantitative estimate of drug-likeness (QED) is 0.873. The number of rotatable bonds is 3. The normalized spacial score (nSPS) is 14.8. The monoisotopic (exact) mass is 301 g/mol. The van der Waals surface area contributed by atoms with Gasteiger partial charge in [-0.1, -0.05) is 23.2 Å². The first-order chi connectivity index (χ1) is 8.99. The van der Waals surface area contributed by atoms with Gasteiger partial charge in [0.05, 0.1) is 28.0 Å². The molecule has 1 amide bonds. The van der Waals surface area contributed by atoms with Crippen LogP contribution in [0.2, 0.25) is 10.0 Å². The van der Waals surface area contributed by atoms with E-state index in [0.29, 0.717) is 22.3 Å². The van der Waals surface area contributed by atoms with Crippen molar-refractivity contribution >= 4 is 40.5 Å². The van der Waals surface area contributed by atoms with E-state index in [9.17, 15) is 4.79 Å². The van der Waals surface area contributed by atoms with Crippen LogP contribution in [0.3, 0.4) is 0 Å². The van der Waals surface area contributed by atoms with Crippen LogP contribution in [-0.2, 0) is 4.79 Å². The number of halogens is 2. The van der Waals surface area contributed by atoms with E-state index in [1.165, 1.54) is 0 Å². The first kappa shape index (κ1) is 14.3. The van der Waals surface area contributed by atoms with Crippen LogP contribution in [0.1, 0.15) is 12.8 Å². The van der Waals surface area contributed by atoms with E-state index >= 15 is 0 Å². The molecule has 0 aliphatic carbocycles. The topological polar surface area (TPSA) is 49.6 Å². The molecule has 0 spiro atoms. The number of nitrogens with two attached hydrogens (primary N) is 1.